The molecule has 3 heterocycles. The van der Waals surface area contributed by atoms with E-state index in [-0.39, 0.29) is 18.3 Å². The van der Waals surface area contributed by atoms with Crippen molar-refractivity contribution in [3.05, 3.63) is 23.2 Å². The molecule has 1 aromatic heterocycles. The van der Waals surface area contributed by atoms with Crippen molar-refractivity contribution in [1.29, 1.82) is 0 Å². The number of halogens is 1. The average Bonchev–Trinajstić information content (AvgIpc) is 2.99. The van der Waals surface area contributed by atoms with Crippen molar-refractivity contribution < 1.29 is 9.21 Å². The van der Waals surface area contributed by atoms with Crippen molar-refractivity contribution in [1.82, 2.24) is 10.2 Å². The van der Waals surface area contributed by atoms with Crippen molar-refractivity contribution in [2.24, 2.45) is 0 Å². The Morgan fingerprint density at radius 3 is 2.52 bits per heavy atom. The van der Waals surface area contributed by atoms with Crippen LogP contribution in [0, 0.1) is 6.92 Å². The number of carbonyl (C=O) groups is 1. The molecule has 1 aromatic rings. The molecule has 3 rings (SSSR count). The van der Waals surface area contributed by atoms with Gasteiger partial charge in [0, 0.05) is 31.6 Å². The zero-order valence-electron chi connectivity index (χ0n) is 13.0. The molecule has 2 fully saturated rings. The Labute approximate surface area is 132 Å². The Bertz CT molecular complexity index is 502. The number of aryl methyl sites for hydroxylation is 2. The van der Waals surface area contributed by atoms with Gasteiger partial charge in [0.05, 0.1) is 0 Å². The zero-order chi connectivity index (χ0) is 14.3. The molecule has 2 bridgehead atoms. The van der Waals surface area contributed by atoms with Gasteiger partial charge in [-0.05, 0) is 44.2 Å². The predicted molar refractivity (Wildman–Crippen MR) is 85.1 cm³/mol. The molecule has 2 aliphatic heterocycles. The van der Waals surface area contributed by atoms with E-state index in [2.05, 4.69) is 5.32 Å². The third kappa shape index (κ3) is 3.11. The number of nitrogens with one attached hydrogen (secondary N) is 1. The van der Waals surface area contributed by atoms with Gasteiger partial charge in [0.1, 0.15) is 5.76 Å². The predicted octanol–water partition coefficient (Wildman–Crippen LogP) is 2.93. The van der Waals surface area contributed by atoms with Crippen LogP contribution in [0.15, 0.2) is 10.5 Å². The number of fused-ring (bicyclic) bond motifs is 2. The van der Waals surface area contributed by atoms with Crippen LogP contribution in [0.25, 0.3) is 0 Å². The minimum atomic E-state index is 0. The number of amides is 1. The number of rotatable bonds is 3. The molecule has 2 aliphatic rings. The number of furan rings is 1. The molecule has 1 amide bonds. The number of piperidine rings is 1. The van der Waals surface area contributed by atoms with Crippen LogP contribution in [0.4, 0.5) is 0 Å². The van der Waals surface area contributed by atoms with Gasteiger partial charge in [-0.2, -0.15) is 0 Å². The van der Waals surface area contributed by atoms with Crippen molar-refractivity contribution in [2.45, 2.75) is 64.1 Å². The van der Waals surface area contributed by atoms with Gasteiger partial charge in [-0.3, -0.25) is 4.79 Å². The zero-order valence-corrected chi connectivity index (χ0v) is 13.8. The molecule has 4 nitrogen and oxygen atoms in total. The summed E-state index contributed by atoms with van der Waals surface area (Å²) in [6.07, 6.45) is 5.48. The van der Waals surface area contributed by atoms with Crippen LogP contribution in [0.2, 0.25) is 0 Å². The molecule has 0 aliphatic carbocycles. The van der Waals surface area contributed by atoms with Gasteiger partial charge >= 0.3 is 0 Å². The van der Waals surface area contributed by atoms with Crippen LogP contribution in [0.1, 0.15) is 54.5 Å². The van der Waals surface area contributed by atoms with Gasteiger partial charge in [-0.15, -0.1) is 12.4 Å². The second-order valence-electron chi connectivity index (χ2n) is 6.25. The monoisotopic (exact) mass is 312 g/mol. The standard InChI is InChI=1S/C16H24N2O2.ClH/c1-4-14-10(2)7-15(20-14)16(19)18(3)13-8-11-5-6-12(9-13)17-11;/h7,11-13,17H,4-6,8-9H2,1-3H3;1H. The molecule has 0 spiro atoms. The normalized spacial score (nSPS) is 27.3. The maximum Gasteiger partial charge on any atom is 0.289 e. The fourth-order valence-electron chi connectivity index (χ4n) is 3.66. The highest BCUT2D eigenvalue weighted by molar-refractivity contribution is 5.91. The maximum absolute atomic E-state index is 12.6. The van der Waals surface area contributed by atoms with Crippen LogP contribution in [0.5, 0.6) is 0 Å². The van der Waals surface area contributed by atoms with Crippen LogP contribution in [0.3, 0.4) is 0 Å². The minimum absolute atomic E-state index is 0. The van der Waals surface area contributed by atoms with Crippen LogP contribution >= 0.6 is 12.4 Å². The molecule has 0 aromatic carbocycles. The second-order valence-corrected chi connectivity index (χ2v) is 6.25. The lowest BCUT2D eigenvalue weighted by Crippen LogP contribution is -2.48. The highest BCUT2D eigenvalue weighted by atomic mass is 35.5. The third-order valence-electron chi connectivity index (χ3n) is 4.87. The summed E-state index contributed by atoms with van der Waals surface area (Å²) in [6, 6.07) is 3.42. The largest absolute Gasteiger partial charge is 0.456 e. The van der Waals surface area contributed by atoms with E-state index in [0.717, 1.165) is 30.6 Å². The molecule has 1 N–H and O–H groups in total. The van der Waals surface area contributed by atoms with Gasteiger partial charge in [0.15, 0.2) is 5.76 Å². The lowest BCUT2D eigenvalue weighted by atomic mass is 9.98. The maximum atomic E-state index is 12.6. The summed E-state index contributed by atoms with van der Waals surface area (Å²) < 4.78 is 5.70. The molecule has 21 heavy (non-hydrogen) atoms. The molecule has 2 saturated heterocycles. The lowest BCUT2D eigenvalue weighted by Gasteiger charge is -2.35. The second kappa shape index (κ2) is 6.41. The first kappa shape index (κ1) is 16.4. The van der Waals surface area contributed by atoms with E-state index < -0.39 is 0 Å². The summed E-state index contributed by atoms with van der Waals surface area (Å²) in [5.74, 6) is 1.44. The summed E-state index contributed by atoms with van der Waals surface area (Å²) in [5.41, 5.74) is 1.08. The number of hydrogen-bond donors (Lipinski definition) is 1. The molecule has 0 saturated carbocycles. The van der Waals surface area contributed by atoms with Crippen LogP contribution in [-0.2, 0) is 6.42 Å². The van der Waals surface area contributed by atoms with E-state index in [1.54, 1.807) is 0 Å². The van der Waals surface area contributed by atoms with Crippen LogP contribution in [-0.4, -0.2) is 36.0 Å². The van der Waals surface area contributed by atoms with Crippen molar-refractivity contribution in [2.75, 3.05) is 7.05 Å². The summed E-state index contributed by atoms with van der Waals surface area (Å²) in [5, 5.41) is 3.61. The Kier molecular flexibility index (Phi) is 4.99. The topological polar surface area (TPSA) is 45.5 Å². The lowest BCUT2D eigenvalue weighted by molar-refractivity contribution is 0.0648. The van der Waals surface area contributed by atoms with Gasteiger partial charge < -0.3 is 14.6 Å². The van der Waals surface area contributed by atoms with Crippen molar-refractivity contribution in [3.63, 3.8) is 0 Å². The summed E-state index contributed by atoms with van der Waals surface area (Å²) in [7, 11) is 1.92. The average molecular weight is 313 g/mol. The summed E-state index contributed by atoms with van der Waals surface area (Å²) >= 11 is 0. The highest BCUT2D eigenvalue weighted by Gasteiger charge is 2.37. The molecule has 0 radical (unpaired) electrons. The SMILES string of the molecule is CCc1oc(C(=O)N(C)C2CC3CCC(C2)N3)cc1C.Cl. The van der Waals surface area contributed by atoms with Gasteiger partial charge in [0.2, 0.25) is 0 Å². The highest BCUT2D eigenvalue weighted by Crippen LogP contribution is 2.30. The van der Waals surface area contributed by atoms with E-state index >= 15 is 0 Å². The molecular formula is C16H25ClN2O2. The van der Waals surface area contributed by atoms with E-state index in [1.165, 1.54) is 12.8 Å². The van der Waals surface area contributed by atoms with E-state index in [0.29, 0.717) is 23.9 Å². The first-order chi connectivity index (χ1) is 9.58. The fourth-order valence-corrected chi connectivity index (χ4v) is 3.66. The molecular weight excluding hydrogens is 288 g/mol. The first-order valence-electron chi connectivity index (χ1n) is 7.71. The Morgan fingerprint density at radius 2 is 2.00 bits per heavy atom. The number of carbonyl (C=O) groups excluding carboxylic acids is 1. The Balaban J connectivity index is 0.00000161. The molecule has 2 atom stereocenters. The minimum Gasteiger partial charge on any atom is -0.456 e. The third-order valence-corrected chi connectivity index (χ3v) is 4.87. The Morgan fingerprint density at radius 1 is 1.38 bits per heavy atom. The van der Waals surface area contributed by atoms with E-state index in [1.807, 2.05) is 31.9 Å². The summed E-state index contributed by atoms with van der Waals surface area (Å²) in [4.78, 5) is 14.5. The van der Waals surface area contributed by atoms with Crippen molar-refractivity contribution in [3.8, 4) is 0 Å². The van der Waals surface area contributed by atoms with Crippen molar-refractivity contribution >= 4 is 18.3 Å². The number of hydrogen-bond acceptors (Lipinski definition) is 3. The fraction of sp³-hybridized carbons (Fsp3) is 0.688. The molecule has 2 unspecified atom stereocenters. The first-order valence-corrected chi connectivity index (χ1v) is 7.71. The Hall–Kier alpha value is -1.00. The quantitative estimate of drug-likeness (QED) is 0.933. The molecule has 5 heteroatoms. The van der Waals surface area contributed by atoms with Gasteiger partial charge in [-0.1, -0.05) is 6.92 Å². The van der Waals surface area contributed by atoms with E-state index in [9.17, 15) is 4.79 Å². The molecule has 118 valence electrons. The smallest absolute Gasteiger partial charge is 0.289 e. The van der Waals surface area contributed by atoms with Crippen LogP contribution < -0.4 is 5.32 Å². The van der Waals surface area contributed by atoms with E-state index in [4.69, 9.17) is 4.42 Å². The van der Waals surface area contributed by atoms with Gasteiger partial charge in [-0.25, -0.2) is 0 Å². The summed E-state index contributed by atoms with van der Waals surface area (Å²) in [6.45, 7) is 4.05. The van der Waals surface area contributed by atoms with Gasteiger partial charge in [0.25, 0.3) is 5.91 Å². The number of nitrogens with zero attached hydrogens (tertiary/aromatic N) is 1.